The first-order chi connectivity index (χ1) is 14.6. The number of methoxy groups -OCH3 is 3. The summed E-state index contributed by atoms with van der Waals surface area (Å²) in [5.74, 6) is 1.25. The normalized spacial score (nSPS) is 18.9. The van der Waals surface area contributed by atoms with Crippen LogP contribution in [0, 0.1) is 0 Å². The van der Waals surface area contributed by atoms with Gasteiger partial charge in [0.15, 0.2) is 17.3 Å². The van der Waals surface area contributed by atoms with E-state index in [4.69, 9.17) is 14.2 Å². The average Bonchev–Trinajstić information content (AvgIpc) is 2.78. The van der Waals surface area contributed by atoms with Crippen molar-refractivity contribution in [1.29, 1.82) is 0 Å². The quantitative estimate of drug-likeness (QED) is 0.742. The molecule has 0 N–H and O–H groups in total. The van der Waals surface area contributed by atoms with E-state index in [0.29, 0.717) is 30.1 Å². The third-order valence-corrected chi connectivity index (χ3v) is 5.78. The summed E-state index contributed by atoms with van der Waals surface area (Å²) < 4.78 is 16.4. The van der Waals surface area contributed by atoms with Gasteiger partial charge in [-0.3, -0.25) is 14.5 Å². The fraction of sp³-hybridized carbons (Fsp3) is 0.333. The van der Waals surface area contributed by atoms with Crippen LogP contribution in [-0.2, 0) is 9.59 Å². The molecule has 0 aromatic heterocycles. The first-order valence-corrected chi connectivity index (χ1v) is 10.0. The van der Waals surface area contributed by atoms with E-state index in [0.717, 1.165) is 28.9 Å². The Labute approximate surface area is 176 Å². The number of rotatable bonds is 5. The molecule has 2 aromatic rings. The molecular weight excluding hydrogens is 382 g/mol. The molecule has 0 saturated heterocycles. The Morgan fingerprint density at radius 3 is 2.17 bits per heavy atom. The fourth-order valence-electron chi connectivity index (χ4n) is 4.46. The molecule has 1 amide bonds. The summed E-state index contributed by atoms with van der Waals surface area (Å²) in [6.07, 6.45) is 2.15. The zero-order valence-electron chi connectivity index (χ0n) is 17.4. The number of anilines is 1. The van der Waals surface area contributed by atoms with Crippen molar-refractivity contribution in [3.05, 3.63) is 59.3 Å². The Morgan fingerprint density at radius 1 is 0.900 bits per heavy atom. The van der Waals surface area contributed by atoms with E-state index in [-0.39, 0.29) is 24.0 Å². The topological polar surface area (TPSA) is 65.1 Å². The van der Waals surface area contributed by atoms with Gasteiger partial charge < -0.3 is 14.2 Å². The summed E-state index contributed by atoms with van der Waals surface area (Å²) in [5, 5.41) is 0. The molecular formula is C24H25NO5. The Bertz CT molecular complexity index is 987. The second-order valence-corrected chi connectivity index (χ2v) is 7.42. The van der Waals surface area contributed by atoms with Crippen molar-refractivity contribution in [3.63, 3.8) is 0 Å². The summed E-state index contributed by atoms with van der Waals surface area (Å²) >= 11 is 0. The molecule has 0 bridgehead atoms. The van der Waals surface area contributed by atoms with Crippen LogP contribution in [-0.4, -0.2) is 33.0 Å². The first-order valence-electron chi connectivity index (χ1n) is 10.0. The van der Waals surface area contributed by atoms with Crippen LogP contribution >= 0.6 is 0 Å². The number of ketones is 1. The lowest BCUT2D eigenvalue weighted by Crippen LogP contribution is -2.40. The number of carbonyl (C=O) groups excluding carboxylic acids is 2. The van der Waals surface area contributed by atoms with Crippen LogP contribution in [0.15, 0.2) is 53.7 Å². The van der Waals surface area contributed by atoms with Gasteiger partial charge in [-0.1, -0.05) is 18.2 Å². The van der Waals surface area contributed by atoms with E-state index < -0.39 is 0 Å². The maximum Gasteiger partial charge on any atom is 0.232 e. The largest absolute Gasteiger partial charge is 0.493 e. The predicted molar refractivity (Wildman–Crippen MR) is 113 cm³/mol. The Balaban J connectivity index is 1.88. The van der Waals surface area contributed by atoms with Crippen LogP contribution in [0.25, 0.3) is 0 Å². The van der Waals surface area contributed by atoms with Gasteiger partial charge in [0.2, 0.25) is 11.7 Å². The molecule has 1 aliphatic heterocycles. The minimum atomic E-state index is -0.339. The van der Waals surface area contributed by atoms with Crippen LogP contribution in [0.4, 0.5) is 5.69 Å². The number of allylic oxidation sites excluding steroid dienone is 2. The molecule has 0 saturated carbocycles. The van der Waals surface area contributed by atoms with Crippen molar-refractivity contribution in [1.82, 2.24) is 0 Å². The third-order valence-electron chi connectivity index (χ3n) is 5.78. The number of nitrogens with zero attached hydrogens (tertiary/aromatic N) is 1. The van der Waals surface area contributed by atoms with E-state index in [1.54, 1.807) is 26.2 Å². The second kappa shape index (κ2) is 8.22. The lowest BCUT2D eigenvalue weighted by Gasteiger charge is -2.38. The van der Waals surface area contributed by atoms with Gasteiger partial charge in [-0.25, -0.2) is 0 Å². The lowest BCUT2D eigenvalue weighted by molar-refractivity contribution is -0.119. The predicted octanol–water partition coefficient (Wildman–Crippen LogP) is 4.24. The molecule has 0 radical (unpaired) electrons. The van der Waals surface area contributed by atoms with Crippen molar-refractivity contribution in [2.24, 2.45) is 0 Å². The number of amides is 1. The standard InChI is InChI=1S/C24H25NO5/c1-28-20-12-15(13-21(29-2)24(20)30-3)17-14-22(27)25(16-8-5-4-6-9-16)18-10-7-11-19(26)23(17)18/h4-6,8-9,12-13,17H,7,10-11,14H2,1-3H3/t17-/m0/s1. The Hall–Kier alpha value is -3.28. The molecule has 6 heteroatoms. The van der Waals surface area contributed by atoms with Gasteiger partial charge in [-0.15, -0.1) is 0 Å². The highest BCUT2D eigenvalue weighted by Crippen LogP contribution is 2.47. The molecule has 2 aromatic carbocycles. The fourth-order valence-corrected chi connectivity index (χ4v) is 4.46. The number of carbonyl (C=O) groups is 2. The van der Waals surface area contributed by atoms with Crippen molar-refractivity contribution < 1.29 is 23.8 Å². The molecule has 0 spiro atoms. The Morgan fingerprint density at radius 2 is 1.57 bits per heavy atom. The maximum atomic E-state index is 13.3. The highest BCUT2D eigenvalue weighted by Gasteiger charge is 2.40. The maximum absolute atomic E-state index is 13.3. The number of hydrogen-bond donors (Lipinski definition) is 0. The third kappa shape index (κ3) is 3.32. The number of ether oxygens (including phenoxy) is 3. The minimum absolute atomic E-state index is 0.0200. The van der Waals surface area contributed by atoms with Crippen LogP contribution < -0.4 is 19.1 Å². The number of benzene rings is 2. The highest BCUT2D eigenvalue weighted by atomic mass is 16.5. The van der Waals surface area contributed by atoms with Crippen LogP contribution in [0.2, 0.25) is 0 Å². The van der Waals surface area contributed by atoms with E-state index in [2.05, 4.69) is 0 Å². The van der Waals surface area contributed by atoms with Gasteiger partial charge in [0.25, 0.3) is 0 Å². The van der Waals surface area contributed by atoms with Gasteiger partial charge in [-0.05, 0) is 42.7 Å². The van der Waals surface area contributed by atoms with Gasteiger partial charge in [0.05, 0.1) is 21.3 Å². The molecule has 0 fully saturated rings. The molecule has 6 nitrogen and oxygen atoms in total. The highest BCUT2D eigenvalue weighted by molar-refractivity contribution is 6.07. The van der Waals surface area contributed by atoms with Crippen LogP contribution in [0.3, 0.4) is 0 Å². The second-order valence-electron chi connectivity index (χ2n) is 7.42. The van der Waals surface area contributed by atoms with Crippen molar-refractivity contribution in [3.8, 4) is 17.2 Å². The summed E-state index contributed by atoms with van der Waals surface area (Å²) in [6.45, 7) is 0. The van der Waals surface area contributed by atoms with E-state index in [9.17, 15) is 9.59 Å². The van der Waals surface area contributed by atoms with Crippen molar-refractivity contribution >= 4 is 17.4 Å². The average molecular weight is 407 g/mol. The van der Waals surface area contributed by atoms with Gasteiger partial charge >= 0.3 is 0 Å². The Kier molecular flexibility index (Phi) is 5.48. The number of hydrogen-bond acceptors (Lipinski definition) is 5. The molecule has 2 aliphatic rings. The zero-order chi connectivity index (χ0) is 21.3. The lowest BCUT2D eigenvalue weighted by atomic mass is 9.77. The molecule has 156 valence electrons. The van der Waals surface area contributed by atoms with E-state index >= 15 is 0 Å². The van der Waals surface area contributed by atoms with Crippen molar-refractivity contribution in [2.45, 2.75) is 31.6 Å². The molecule has 30 heavy (non-hydrogen) atoms. The zero-order valence-corrected chi connectivity index (χ0v) is 17.4. The van der Waals surface area contributed by atoms with E-state index in [1.807, 2.05) is 42.5 Å². The number of para-hydroxylation sites is 1. The van der Waals surface area contributed by atoms with Crippen molar-refractivity contribution in [2.75, 3.05) is 26.2 Å². The number of Topliss-reactive ketones (excluding diaryl/α,β-unsaturated/α-hetero) is 1. The van der Waals surface area contributed by atoms with E-state index in [1.165, 1.54) is 0 Å². The molecule has 1 heterocycles. The van der Waals surface area contributed by atoms with Crippen LogP contribution in [0.5, 0.6) is 17.2 Å². The SMILES string of the molecule is COc1cc([C@@H]2CC(=O)N(c3ccccc3)C3=C2C(=O)CCC3)cc(OC)c1OC. The monoisotopic (exact) mass is 407 g/mol. The molecule has 1 aliphatic carbocycles. The van der Waals surface area contributed by atoms with Gasteiger partial charge in [0, 0.05) is 35.7 Å². The summed E-state index contributed by atoms with van der Waals surface area (Å²) in [4.78, 5) is 28.0. The summed E-state index contributed by atoms with van der Waals surface area (Å²) in [5.41, 5.74) is 3.15. The first kappa shape index (κ1) is 20.0. The smallest absolute Gasteiger partial charge is 0.232 e. The summed E-state index contributed by atoms with van der Waals surface area (Å²) in [7, 11) is 4.66. The molecule has 1 atom stereocenters. The van der Waals surface area contributed by atoms with Crippen LogP contribution in [0.1, 0.15) is 37.2 Å². The molecule has 4 rings (SSSR count). The van der Waals surface area contributed by atoms with Gasteiger partial charge in [-0.2, -0.15) is 0 Å². The molecule has 0 unspecified atom stereocenters. The minimum Gasteiger partial charge on any atom is -0.493 e. The van der Waals surface area contributed by atoms with Gasteiger partial charge in [0.1, 0.15) is 0 Å². The summed E-state index contributed by atoms with van der Waals surface area (Å²) in [6, 6.07) is 13.2.